The number of Topliss-reactive ketones (excluding diaryl/α,β-unsaturated/α-hetero) is 1. The number of ketones is 1. The van der Waals surface area contributed by atoms with E-state index in [1.54, 1.807) is 41.5 Å². The number of esters is 3. The van der Waals surface area contributed by atoms with E-state index in [1.165, 1.54) is 41.1 Å². The molecule has 0 saturated carbocycles. The SMILES string of the molecule is CC[C@H]1OC(=O)[C@H](C)[C@@H](O[C@H]2C[C@@](C)(OC)[C@@H](OC(C)=O)[C@H](C)O2)[C@H](C)[C@@H](O[C@@H]2O[C@H](C)C[C@H](N(C)C)[C@H]2OC(C)=O)[C@](C)(OC)C[C@@H](C)C(=O)/C(C)=C/[C@]1(C)O. The number of hydrogen-bond donors (Lipinski definition) is 1. The summed E-state index contributed by atoms with van der Waals surface area (Å²) in [6.45, 7) is 20.2. The van der Waals surface area contributed by atoms with E-state index in [9.17, 15) is 24.3 Å². The molecule has 0 radical (unpaired) electrons. The van der Waals surface area contributed by atoms with Gasteiger partial charge in [0, 0.05) is 46.3 Å². The van der Waals surface area contributed by atoms with Gasteiger partial charge in [-0.3, -0.25) is 19.2 Å². The van der Waals surface area contributed by atoms with Crippen LogP contribution in [0.3, 0.4) is 0 Å². The first-order chi connectivity index (χ1) is 26.3. The van der Waals surface area contributed by atoms with Crippen molar-refractivity contribution in [2.75, 3.05) is 28.3 Å². The lowest BCUT2D eigenvalue weighted by atomic mass is 9.76. The Morgan fingerprint density at radius 2 is 1.46 bits per heavy atom. The van der Waals surface area contributed by atoms with Crippen molar-refractivity contribution in [1.82, 2.24) is 4.90 Å². The average molecular weight is 814 g/mol. The smallest absolute Gasteiger partial charge is 0.311 e. The first-order valence-corrected chi connectivity index (χ1v) is 20.2. The minimum absolute atomic E-state index is 0.119. The van der Waals surface area contributed by atoms with Gasteiger partial charge >= 0.3 is 17.9 Å². The summed E-state index contributed by atoms with van der Waals surface area (Å²) in [6.07, 6.45) is -5.10. The molecule has 1 N–H and O–H groups in total. The number of carbonyl (C=O) groups excluding carboxylic acids is 4. The predicted octanol–water partition coefficient (Wildman–Crippen LogP) is 4.53. The molecule has 15 nitrogen and oxygen atoms in total. The van der Waals surface area contributed by atoms with Gasteiger partial charge in [-0.25, -0.2) is 0 Å². The third kappa shape index (κ3) is 11.6. The van der Waals surface area contributed by atoms with Crippen molar-refractivity contribution in [1.29, 1.82) is 0 Å². The highest BCUT2D eigenvalue weighted by atomic mass is 16.7. The summed E-state index contributed by atoms with van der Waals surface area (Å²) in [4.78, 5) is 55.0. The molecule has 3 rings (SSSR count). The maximum atomic E-state index is 14.3. The first kappa shape index (κ1) is 48.9. The lowest BCUT2D eigenvalue weighted by Gasteiger charge is -2.50. The highest BCUT2D eigenvalue weighted by Gasteiger charge is 2.54. The number of carbonyl (C=O) groups is 4. The summed E-state index contributed by atoms with van der Waals surface area (Å²) >= 11 is 0. The predicted molar refractivity (Wildman–Crippen MR) is 209 cm³/mol. The van der Waals surface area contributed by atoms with E-state index in [1.807, 2.05) is 39.8 Å². The molecule has 57 heavy (non-hydrogen) atoms. The van der Waals surface area contributed by atoms with E-state index in [4.69, 9.17) is 42.6 Å². The molecule has 328 valence electrons. The van der Waals surface area contributed by atoms with Crippen LogP contribution in [0.1, 0.15) is 109 Å². The van der Waals surface area contributed by atoms with E-state index in [2.05, 4.69) is 0 Å². The third-order valence-electron chi connectivity index (χ3n) is 12.1. The van der Waals surface area contributed by atoms with E-state index < -0.39 is 102 Å². The monoisotopic (exact) mass is 813 g/mol. The van der Waals surface area contributed by atoms with E-state index in [0.717, 1.165) is 0 Å². The number of hydrogen-bond acceptors (Lipinski definition) is 15. The molecule has 0 aliphatic carbocycles. The topological polar surface area (TPSA) is 175 Å². The van der Waals surface area contributed by atoms with Gasteiger partial charge in [-0.15, -0.1) is 0 Å². The van der Waals surface area contributed by atoms with Crippen LogP contribution in [-0.2, 0) is 61.8 Å². The Bertz CT molecular complexity index is 1430. The molecule has 2 fully saturated rings. The van der Waals surface area contributed by atoms with Gasteiger partial charge in [-0.1, -0.05) is 20.8 Å². The largest absolute Gasteiger partial charge is 0.459 e. The summed E-state index contributed by atoms with van der Waals surface area (Å²) in [5.74, 6) is -4.26. The number of aliphatic hydroxyl groups is 1. The second kappa shape index (κ2) is 19.7. The van der Waals surface area contributed by atoms with Crippen molar-refractivity contribution in [2.45, 2.75) is 187 Å². The van der Waals surface area contributed by atoms with Gasteiger partial charge in [0.2, 0.25) is 0 Å². The fraction of sp³-hybridized carbons (Fsp3) is 0.857. The number of ether oxygens (including phenoxy) is 9. The number of allylic oxidation sites excluding steroid dienone is 1. The van der Waals surface area contributed by atoms with Crippen LogP contribution in [0.25, 0.3) is 0 Å². The van der Waals surface area contributed by atoms with Gasteiger partial charge < -0.3 is 52.6 Å². The Kier molecular flexibility index (Phi) is 16.9. The number of methoxy groups -OCH3 is 2. The molecule has 0 bridgehead atoms. The van der Waals surface area contributed by atoms with Crippen molar-refractivity contribution in [3.63, 3.8) is 0 Å². The van der Waals surface area contributed by atoms with Gasteiger partial charge in [0.05, 0.1) is 42.0 Å². The zero-order chi connectivity index (χ0) is 43.4. The number of cyclic esters (lactones) is 1. The maximum Gasteiger partial charge on any atom is 0.311 e. The van der Waals surface area contributed by atoms with Crippen molar-refractivity contribution >= 4 is 23.7 Å². The molecular formula is C42H71NO14. The summed E-state index contributed by atoms with van der Waals surface area (Å²) in [6, 6.07) is -0.271. The van der Waals surface area contributed by atoms with Crippen LogP contribution in [0.5, 0.6) is 0 Å². The Labute approximate surface area is 339 Å². The molecule has 0 aromatic heterocycles. The summed E-state index contributed by atoms with van der Waals surface area (Å²) < 4.78 is 56.6. The number of likely N-dealkylation sites (N-methyl/N-ethyl adjacent to an activating group) is 1. The maximum absolute atomic E-state index is 14.3. The van der Waals surface area contributed by atoms with Gasteiger partial charge in [0.1, 0.15) is 17.3 Å². The van der Waals surface area contributed by atoms with Crippen LogP contribution in [0, 0.1) is 17.8 Å². The summed E-state index contributed by atoms with van der Waals surface area (Å²) in [5, 5.41) is 11.6. The van der Waals surface area contributed by atoms with Crippen LogP contribution >= 0.6 is 0 Å². The molecule has 0 amide bonds. The molecule has 3 heterocycles. The Morgan fingerprint density at radius 3 is 1.98 bits per heavy atom. The Balaban J connectivity index is 2.27. The minimum atomic E-state index is -1.68. The van der Waals surface area contributed by atoms with Crippen molar-refractivity contribution in [3.05, 3.63) is 11.6 Å². The quantitative estimate of drug-likeness (QED) is 0.241. The van der Waals surface area contributed by atoms with Crippen molar-refractivity contribution in [3.8, 4) is 0 Å². The van der Waals surface area contributed by atoms with Crippen LogP contribution in [0.4, 0.5) is 0 Å². The Morgan fingerprint density at radius 1 is 0.877 bits per heavy atom. The molecule has 0 aromatic rings. The van der Waals surface area contributed by atoms with Gasteiger partial charge in [-0.2, -0.15) is 0 Å². The molecule has 0 aromatic carbocycles. The Hall–Kier alpha value is -2.50. The standard InChI is InChI=1S/C42H71NO14/c1-17-31-40(10,48)19-22(2)33(46)23(3)20-41(11,49-15)36(57-39-35(53-28(8)44)30(43(13)14)18-24(4)51-39)25(5)34(26(6)38(47)55-31)56-32-21-42(12,50-16)37(27(7)52-32)54-29(9)45/h19,23-27,30-32,34-37,39,48H,17-18,20-21H2,1-16H3/b22-19+/t23-,24-,25+,26-,27+,30+,31-,32+,34+,35-,36-,37+,39+,40+,41-,42-/m1/s1. The molecule has 2 saturated heterocycles. The normalized spacial score (nSPS) is 43.7. The fourth-order valence-corrected chi connectivity index (χ4v) is 8.96. The third-order valence-corrected chi connectivity index (χ3v) is 12.1. The van der Waals surface area contributed by atoms with E-state index in [0.29, 0.717) is 12.0 Å². The number of nitrogens with zero attached hydrogens (tertiary/aromatic N) is 1. The highest BCUT2D eigenvalue weighted by Crippen LogP contribution is 2.42. The average Bonchev–Trinajstić information content (AvgIpc) is 3.11. The fourth-order valence-electron chi connectivity index (χ4n) is 8.96. The highest BCUT2D eigenvalue weighted by molar-refractivity contribution is 5.96. The molecule has 3 aliphatic rings. The van der Waals surface area contributed by atoms with Gasteiger partial charge in [-0.05, 0) is 93.5 Å². The molecule has 0 unspecified atom stereocenters. The molecule has 15 heteroatoms. The van der Waals surface area contributed by atoms with Crippen LogP contribution in [-0.4, -0.2) is 140 Å². The minimum Gasteiger partial charge on any atom is -0.459 e. The zero-order valence-corrected chi connectivity index (χ0v) is 37.1. The molecular weight excluding hydrogens is 742 g/mol. The van der Waals surface area contributed by atoms with Crippen molar-refractivity contribution < 1.29 is 66.9 Å². The van der Waals surface area contributed by atoms with Gasteiger partial charge in [0.15, 0.2) is 30.6 Å². The first-order valence-electron chi connectivity index (χ1n) is 20.2. The second-order valence-electron chi connectivity index (χ2n) is 17.4. The van der Waals surface area contributed by atoms with E-state index in [-0.39, 0.29) is 37.2 Å². The number of rotatable bonds is 10. The summed E-state index contributed by atoms with van der Waals surface area (Å²) in [5.41, 5.74) is -3.65. The molecule has 3 aliphatic heterocycles. The van der Waals surface area contributed by atoms with Gasteiger partial charge in [0.25, 0.3) is 0 Å². The summed E-state index contributed by atoms with van der Waals surface area (Å²) in [7, 11) is 6.83. The van der Waals surface area contributed by atoms with E-state index >= 15 is 0 Å². The van der Waals surface area contributed by atoms with Crippen LogP contribution in [0.2, 0.25) is 0 Å². The lowest BCUT2D eigenvalue weighted by molar-refractivity contribution is -0.320. The molecule has 16 atom stereocenters. The second-order valence-corrected chi connectivity index (χ2v) is 17.4. The van der Waals surface area contributed by atoms with Crippen LogP contribution < -0.4 is 0 Å². The van der Waals surface area contributed by atoms with Crippen molar-refractivity contribution in [2.24, 2.45) is 17.8 Å². The van der Waals surface area contributed by atoms with Crippen LogP contribution in [0.15, 0.2) is 11.6 Å². The lowest BCUT2D eigenvalue weighted by Crippen LogP contribution is -2.61. The molecule has 0 spiro atoms. The zero-order valence-electron chi connectivity index (χ0n) is 37.1.